The van der Waals surface area contributed by atoms with Crippen LogP contribution in [0.2, 0.25) is 0 Å². The molecule has 1 aliphatic carbocycles. The van der Waals surface area contributed by atoms with E-state index in [0.717, 1.165) is 0 Å². The summed E-state index contributed by atoms with van der Waals surface area (Å²) < 4.78 is 0. The Labute approximate surface area is 369 Å². The molecule has 3 unspecified atom stereocenters. The largest absolute Gasteiger partial charge is 0.335 e. The van der Waals surface area contributed by atoms with Gasteiger partial charge in [0, 0.05) is 22.8 Å². The van der Waals surface area contributed by atoms with Gasteiger partial charge in [-0.05, 0) is 166 Å². The van der Waals surface area contributed by atoms with Crippen molar-refractivity contribution >= 4 is 65.2 Å². The predicted molar refractivity (Wildman–Crippen MR) is 270 cm³/mol. The molecule has 0 N–H and O–H groups in total. The summed E-state index contributed by atoms with van der Waals surface area (Å²) in [6, 6.07) is 75.7. The number of hydrogen-bond donors (Lipinski definition) is 0. The topological polar surface area (TPSA) is 3.24 Å². The number of para-hydroxylation sites is 1. The highest BCUT2D eigenvalue weighted by Crippen LogP contribution is 2.60. The normalized spacial score (nSPS) is 18.5. The van der Waals surface area contributed by atoms with E-state index in [4.69, 9.17) is 0 Å². The molecule has 1 fully saturated rings. The fourth-order valence-corrected chi connectivity index (χ4v) is 12.5. The highest BCUT2D eigenvalue weighted by atomic mass is 15.2. The molecular weight excluding hydrogens is 759 g/mol. The van der Waals surface area contributed by atoms with E-state index in [2.05, 4.69) is 219 Å². The summed E-state index contributed by atoms with van der Waals surface area (Å²) in [5, 5.41) is 12.9. The molecule has 11 aromatic rings. The van der Waals surface area contributed by atoms with Crippen LogP contribution in [0.3, 0.4) is 0 Å². The van der Waals surface area contributed by atoms with Gasteiger partial charge in [0.25, 0.3) is 0 Å². The summed E-state index contributed by atoms with van der Waals surface area (Å²) in [6.07, 6.45) is 3.71. The maximum atomic E-state index is 2.69. The van der Waals surface area contributed by atoms with Crippen LogP contribution >= 0.6 is 0 Å². The molecule has 0 aromatic heterocycles. The summed E-state index contributed by atoms with van der Waals surface area (Å²) in [6.45, 7) is 5.03. The van der Waals surface area contributed by atoms with Gasteiger partial charge >= 0.3 is 0 Å². The maximum Gasteiger partial charge on any atom is 0.0495 e. The molecule has 0 amide bonds. The molecule has 3 atom stereocenters. The van der Waals surface area contributed by atoms with Gasteiger partial charge in [-0.1, -0.05) is 177 Å². The van der Waals surface area contributed by atoms with Gasteiger partial charge in [-0.2, -0.15) is 0 Å². The average Bonchev–Trinajstić information content (AvgIpc) is 3.61. The van der Waals surface area contributed by atoms with E-state index in [-0.39, 0.29) is 5.54 Å². The van der Waals surface area contributed by atoms with E-state index in [1.54, 1.807) is 0 Å². The quantitative estimate of drug-likeness (QED) is 0.157. The first-order valence-corrected chi connectivity index (χ1v) is 22.8. The zero-order valence-corrected chi connectivity index (χ0v) is 35.8. The van der Waals surface area contributed by atoms with Gasteiger partial charge in [-0.3, -0.25) is 0 Å². The predicted octanol–water partition coefficient (Wildman–Crippen LogP) is 17.4. The van der Waals surface area contributed by atoms with Crippen LogP contribution in [-0.4, -0.2) is 5.54 Å². The van der Waals surface area contributed by atoms with Crippen LogP contribution in [0.15, 0.2) is 200 Å². The molecule has 2 aliphatic rings. The van der Waals surface area contributed by atoms with Crippen molar-refractivity contribution in [2.75, 3.05) is 4.90 Å². The van der Waals surface area contributed by atoms with Crippen LogP contribution in [0.5, 0.6) is 0 Å². The molecule has 0 bridgehead atoms. The Morgan fingerprint density at radius 1 is 0.429 bits per heavy atom. The van der Waals surface area contributed by atoms with Crippen molar-refractivity contribution in [3.63, 3.8) is 0 Å². The monoisotopic (exact) mass is 805 g/mol. The first-order chi connectivity index (χ1) is 31.0. The Hall–Kier alpha value is -7.22. The van der Waals surface area contributed by atoms with Crippen molar-refractivity contribution in [1.82, 2.24) is 0 Å². The smallest absolute Gasteiger partial charge is 0.0495 e. The lowest BCUT2D eigenvalue weighted by Gasteiger charge is -2.46. The number of benzene rings is 11. The number of anilines is 2. The lowest BCUT2D eigenvalue weighted by Crippen LogP contribution is -2.47. The van der Waals surface area contributed by atoms with Gasteiger partial charge in [0.15, 0.2) is 0 Å². The fraction of sp³-hybridized carbons (Fsp3) is 0.129. The third-order valence-electron chi connectivity index (χ3n) is 15.2. The number of fused-ring (bicyclic) bond motifs is 5. The van der Waals surface area contributed by atoms with Crippen LogP contribution in [0.1, 0.15) is 44.6 Å². The van der Waals surface area contributed by atoms with Crippen LogP contribution in [0.4, 0.5) is 11.4 Å². The van der Waals surface area contributed by atoms with Crippen LogP contribution in [0, 0.1) is 5.92 Å². The Bertz CT molecular complexity index is 3570. The lowest BCUT2D eigenvalue weighted by molar-refractivity contribution is 0.223. The fourth-order valence-electron chi connectivity index (χ4n) is 12.5. The third kappa shape index (κ3) is 5.36. The molecule has 300 valence electrons. The Morgan fingerprint density at radius 2 is 0.937 bits per heavy atom. The molecule has 1 aliphatic heterocycles. The molecule has 1 heterocycles. The van der Waals surface area contributed by atoms with Gasteiger partial charge in [-0.15, -0.1) is 0 Å². The first kappa shape index (κ1) is 36.4. The summed E-state index contributed by atoms with van der Waals surface area (Å²) in [4.78, 5) is 2.69. The van der Waals surface area contributed by atoms with E-state index in [9.17, 15) is 0 Å². The molecule has 1 nitrogen and oxygen atoms in total. The minimum absolute atomic E-state index is 0.0165. The Balaban J connectivity index is 1.15. The van der Waals surface area contributed by atoms with Crippen molar-refractivity contribution in [1.29, 1.82) is 0 Å². The molecule has 1 heteroatoms. The average molecular weight is 806 g/mol. The third-order valence-corrected chi connectivity index (χ3v) is 15.2. The minimum Gasteiger partial charge on any atom is -0.335 e. The second-order valence-electron chi connectivity index (χ2n) is 18.6. The number of nitrogens with zero attached hydrogens (tertiary/aromatic N) is 1. The highest BCUT2D eigenvalue weighted by molar-refractivity contribution is 6.32. The van der Waals surface area contributed by atoms with Gasteiger partial charge in [-0.25, -0.2) is 0 Å². The van der Waals surface area contributed by atoms with E-state index < -0.39 is 0 Å². The summed E-state index contributed by atoms with van der Waals surface area (Å²) in [5.74, 6) is 1.03. The number of rotatable bonds is 5. The van der Waals surface area contributed by atoms with Crippen molar-refractivity contribution in [3.05, 3.63) is 206 Å². The Kier molecular flexibility index (Phi) is 8.04. The van der Waals surface area contributed by atoms with Crippen molar-refractivity contribution in [3.8, 4) is 44.5 Å². The summed E-state index contributed by atoms with van der Waals surface area (Å²) >= 11 is 0. The molecule has 11 aromatic carbocycles. The van der Waals surface area contributed by atoms with Crippen molar-refractivity contribution < 1.29 is 0 Å². The molecular formula is C62H47N. The van der Waals surface area contributed by atoms with Crippen molar-refractivity contribution in [2.45, 2.75) is 44.6 Å². The number of hydrogen-bond acceptors (Lipinski definition) is 1. The van der Waals surface area contributed by atoms with Gasteiger partial charge in [0.2, 0.25) is 0 Å². The summed E-state index contributed by atoms with van der Waals surface area (Å²) in [7, 11) is 0. The zero-order valence-electron chi connectivity index (χ0n) is 35.8. The summed E-state index contributed by atoms with van der Waals surface area (Å²) in [5.41, 5.74) is 14.3. The first-order valence-electron chi connectivity index (χ1n) is 22.8. The molecule has 13 rings (SSSR count). The van der Waals surface area contributed by atoms with Crippen LogP contribution in [-0.2, 0) is 0 Å². The minimum atomic E-state index is 0.0165. The lowest BCUT2D eigenvalue weighted by atomic mass is 9.67. The van der Waals surface area contributed by atoms with Gasteiger partial charge in [0.05, 0.1) is 0 Å². The van der Waals surface area contributed by atoms with E-state index in [1.165, 1.54) is 135 Å². The van der Waals surface area contributed by atoms with Gasteiger partial charge in [0.1, 0.15) is 0 Å². The molecule has 1 saturated carbocycles. The molecule has 0 radical (unpaired) electrons. The standard InChI is InChI=1S/C62H47N/c1-39-16-15-35-62(2)61(39)57-36-43(29-34-58(57)63(62)44-23-7-4-8-24-44)54-38-56(48-28-14-22-41-20-10-12-26-46(41)48)52-32-30-49-53(42-17-5-3-6-18-42)37-55(51-33-31-50(54)60(52)59(49)51)47-27-13-21-40-19-9-11-25-45(40)47/h3-14,17-34,36-39,61H,15-16,35H2,1-2H3. The highest BCUT2D eigenvalue weighted by Gasteiger charge is 2.52. The van der Waals surface area contributed by atoms with Crippen LogP contribution < -0.4 is 4.90 Å². The van der Waals surface area contributed by atoms with E-state index in [0.29, 0.717) is 11.8 Å². The zero-order chi connectivity index (χ0) is 41.8. The van der Waals surface area contributed by atoms with E-state index >= 15 is 0 Å². The second kappa shape index (κ2) is 13.9. The van der Waals surface area contributed by atoms with Crippen molar-refractivity contribution in [2.24, 2.45) is 5.92 Å². The molecule has 0 saturated heterocycles. The molecule has 63 heavy (non-hydrogen) atoms. The van der Waals surface area contributed by atoms with Crippen LogP contribution in [0.25, 0.3) is 98.4 Å². The molecule has 0 spiro atoms. The maximum absolute atomic E-state index is 2.69. The Morgan fingerprint density at radius 3 is 1.54 bits per heavy atom. The van der Waals surface area contributed by atoms with E-state index in [1.807, 2.05) is 0 Å². The second-order valence-corrected chi connectivity index (χ2v) is 18.6. The van der Waals surface area contributed by atoms with Gasteiger partial charge < -0.3 is 4.90 Å². The SMILES string of the molecule is CC1CCCC2(C)C1c1cc(-c3cc(-c4cccc5ccccc45)c4ccc5c(-c6ccccc6)cc(-c6cccc7ccccc67)c6ccc3c4c56)ccc1N2c1ccccc1.